The first kappa shape index (κ1) is 38.6. The van der Waals surface area contributed by atoms with Gasteiger partial charge in [0.2, 0.25) is 0 Å². The Hall–Kier alpha value is -9.04. The Balaban J connectivity index is 0.828. The molecule has 0 N–H and O–H groups in total. The number of fused-ring (bicyclic) bond motifs is 3. The van der Waals surface area contributed by atoms with E-state index in [-0.39, 0.29) is 0 Å². The number of rotatable bonds is 8. The summed E-state index contributed by atoms with van der Waals surface area (Å²) in [4.78, 5) is 15.0. The molecule has 0 fully saturated rings. The summed E-state index contributed by atoms with van der Waals surface area (Å²) in [7, 11) is 0. The van der Waals surface area contributed by atoms with Gasteiger partial charge in [-0.2, -0.15) is 5.26 Å². The molecule has 306 valence electrons. The minimum absolute atomic E-state index is 0.608. The summed E-state index contributed by atoms with van der Waals surface area (Å²) >= 11 is 0. The lowest BCUT2D eigenvalue weighted by molar-refractivity contribution is 1.07. The molecule has 0 spiro atoms. The third kappa shape index (κ3) is 6.93. The van der Waals surface area contributed by atoms with E-state index in [9.17, 15) is 5.26 Å². The Labute approximate surface area is 383 Å². The molecular weight excluding hydrogens is 801 g/mol. The van der Waals surface area contributed by atoms with E-state index in [4.69, 9.17) is 15.0 Å². The van der Waals surface area contributed by atoms with E-state index < -0.39 is 0 Å². The molecule has 66 heavy (non-hydrogen) atoms. The van der Waals surface area contributed by atoms with Crippen molar-refractivity contribution in [3.05, 3.63) is 236 Å². The van der Waals surface area contributed by atoms with Crippen molar-refractivity contribution in [1.82, 2.24) is 15.0 Å². The SMILES string of the molecule is N#Cc1c(-c2ccc(-c3ccc(-c4nc(-c5ccccc5)nc(-c5cccc(-c6ccccc6)c5)n4)cc3)cc2)cccc1-c1cccc(-c2ccc3c(c2)-c2cccc4cccc-3c24)c1. The second-order valence-electron chi connectivity index (χ2n) is 16.7. The number of nitriles is 1. The van der Waals surface area contributed by atoms with Crippen LogP contribution in [-0.2, 0) is 0 Å². The van der Waals surface area contributed by atoms with Crippen molar-refractivity contribution >= 4 is 10.8 Å². The first-order chi connectivity index (χ1) is 32.6. The van der Waals surface area contributed by atoms with Crippen LogP contribution in [0.15, 0.2) is 231 Å². The average molecular weight is 839 g/mol. The molecule has 4 heteroatoms. The highest BCUT2D eigenvalue weighted by Crippen LogP contribution is 2.48. The zero-order valence-electron chi connectivity index (χ0n) is 35.7. The quantitative estimate of drug-likeness (QED) is 0.153. The van der Waals surface area contributed by atoms with Gasteiger partial charge >= 0.3 is 0 Å². The first-order valence-corrected chi connectivity index (χ1v) is 22.1. The predicted molar refractivity (Wildman–Crippen MR) is 270 cm³/mol. The van der Waals surface area contributed by atoms with E-state index in [1.165, 1.54) is 33.0 Å². The molecule has 0 atom stereocenters. The van der Waals surface area contributed by atoms with Crippen molar-refractivity contribution in [2.75, 3.05) is 0 Å². The van der Waals surface area contributed by atoms with Crippen LogP contribution in [0.3, 0.4) is 0 Å². The topological polar surface area (TPSA) is 62.5 Å². The second-order valence-corrected chi connectivity index (χ2v) is 16.7. The molecule has 0 amide bonds. The van der Waals surface area contributed by atoms with E-state index in [0.29, 0.717) is 23.0 Å². The fourth-order valence-corrected chi connectivity index (χ4v) is 9.46. The van der Waals surface area contributed by atoms with Gasteiger partial charge in [0.15, 0.2) is 17.5 Å². The van der Waals surface area contributed by atoms with Crippen molar-refractivity contribution in [3.63, 3.8) is 0 Å². The van der Waals surface area contributed by atoms with Crippen LogP contribution in [0.5, 0.6) is 0 Å². The molecule has 0 radical (unpaired) electrons. The van der Waals surface area contributed by atoms with Crippen LogP contribution in [0, 0.1) is 11.3 Å². The molecule has 0 bridgehead atoms. The summed E-state index contributed by atoms with van der Waals surface area (Å²) in [6, 6.07) is 82.8. The Kier molecular flexibility index (Phi) is 9.51. The van der Waals surface area contributed by atoms with Gasteiger partial charge in [-0.1, -0.05) is 212 Å². The first-order valence-electron chi connectivity index (χ1n) is 22.1. The largest absolute Gasteiger partial charge is 0.208 e. The molecular formula is C62H38N4. The Morgan fingerprint density at radius 2 is 0.652 bits per heavy atom. The van der Waals surface area contributed by atoms with Gasteiger partial charge in [0.1, 0.15) is 6.07 Å². The molecule has 4 nitrogen and oxygen atoms in total. The number of hydrogen-bond acceptors (Lipinski definition) is 4. The van der Waals surface area contributed by atoms with E-state index in [2.05, 4.69) is 176 Å². The lowest BCUT2D eigenvalue weighted by atomic mass is 9.90. The third-order valence-corrected chi connectivity index (χ3v) is 12.8. The number of nitrogens with zero attached hydrogens (tertiary/aromatic N) is 4. The lowest BCUT2D eigenvalue weighted by Crippen LogP contribution is -2.00. The van der Waals surface area contributed by atoms with E-state index >= 15 is 0 Å². The van der Waals surface area contributed by atoms with Crippen LogP contribution in [0.1, 0.15) is 5.56 Å². The molecule has 0 saturated carbocycles. The van der Waals surface area contributed by atoms with Crippen LogP contribution in [0.25, 0.3) is 123 Å². The van der Waals surface area contributed by atoms with Gasteiger partial charge in [-0.25, -0.2) is 15.0 Å². The monoisotopic (exact) mass is 838 g/mol. The maximum absolute atomic E-state index is 10.7. The molecule has 10 aromatic carbocycles. The second kappa shape index (κ2) is 16.3. The third-order valence-electron chi connectivity index (χ3n) is 12.8. The van der Waals surface area contributed by atoms with Crippen molar-refractivity contribution in [2.45, 2.75) is 0 Å². The van der Waals surface area contributed by atoms with Crippen LogP contribution in [0.2, 0.25) is 0 Å². The van der Waals surface area contributed by atoms with Crippen molar-refractivity contribution < 1.29 is 0 Å². The molecule has 1 heterocycles. The van der Waals surface area contributed by atoms with E-state index in [1.807, 2.05) is 60.7 Å². The van der Waals surface area contributed by atoms with Gasteiger partial charge in [0.05, 0.1) is 5.56 Å². The highest BCUT2D eigenvalue weighted by molar-refractivity contribution is 6.15. The number of aromatic nitrogens is 3. The van der Waals surface area contributed by atoms with Crippen LogP contribution < -0.4 is 0 Å². The maximum Gasteiger partial charge on any atom is 0.164 e. The fraction of sp³-hybridized carbons (Fsp3) is 0. The normalized spacial score (nSPS) is 11.3. The molecule has 11 aromatic rings. The molecule has 12 rings (SSSR count). The number of benzene rings is 10. The highest BCUT2D eigenvalue weighted by Gasteiger charge is 2.22. The molecule has 1 aliphatic rings. The molecule has 0 unspecified atom stereocenters. The highest BCUT2D eigenvalue weighted by atomic mass is 15.0. The fourth-order valence-electron chi connectivity index (χ4n) is 9.46. The van der Waals surface area contributed by atoms with Crippen LogP contribution >= 0.6 is 0 Å². The van der Waals surface area contributed by atoms with Gasteiger partial charge in [-0.05, 0) is 95.7 Å². The summed E-state index contributed by atoms with van der Waals surface area (Å²) in [5.41, 5.74) is 19.0. The number of hydrogen-bond donors (Lipinski definition) is 0. The summed E-state index contributed by atoms with van der Waals surface area (Å²) in [6.07, 6.45) is 0. The smallest absolute Gasteiger partial charge is 0.164 e. The van der Waals surface area contributed by atoms with Crippen molar-refractivity contribution in [3.8, 4) is 118 Å². The van der Waals surface area contributed by atoms with Crippen LogP contribution in [0.4, 0.5) is 0 Å². The minimum atomic E-state index is 0.608. The Bertz CT molecular complexity index is 3680. The molecule has 0 aliphatic heterocycles. The average Bonchev–Trinajstić information content (AvgIpc) is 3.73. The zero-order chi connectivity index (χ0) is 44.0. The van der Waals surface area contributed by atoms with Crippen molar-refractivity contribution in [1.29, 1.82) is 5.26 Å². The lowest BCUT2D eigenvalue weighted by Gasteiger charge is -2.13. The summed E-state index contributed by atoms with van der Waals surface area (Å²) in [5.74, 6) is 1.85. The zero-order valence-corrected chi connectivity index (χ0v) is 35.7. The van der Waals surface area contributed by atoms with Crippen LogP contribution in [-0.4, -0.2) is 15.0 Å². The molecule has 0 saturated heterocycles. The van der Waals surface area contributed by atoms with Crippen molar-refractivity contribution in [2.24, 2.45) is 0 Å². The van der Waals surface area contributed by atoms with Gasteiger partial charge in [-0.3, -0.25) is 0 Å². The van der Waals surface area contributed by atoms with Gasteiger partial charge in [0.25, 0.3) is 0 Å². The minimum Gasteiger partial charge on any atom is -0.208 e. The predicted octanol–water partition coefficient (Wildman–Crippen LogP) is 15.9. The molecule has 1 aromatic heterocycles. The van der Waals surface area contributed by atoms with Gasteiger partial charge in [-0.15, -0.1) is 0 Å². The van der Waals surface area contributed by atoms with E-state index in [1.54, 1.807) is 0 Å². The maximum atomic E-state index is 10.7. The summed E-state index contributed by atoms with van der Waals surface area (Å²) in [5, 5.41) is 13.3. The Morgan fingerprint density at radius 3 is 1.30 bits per heavy atom. The summed E-state index contributed by atoms with van der Waals surface area (Å²) in [6.45, 7) is 0. The van der Waals surface area contributed by atoms with Gasteiger partial charge in [0, 0.05) is 27.8 Å². The molecule has 1 aliphatic carbocycles. The van der Waals surface area contributed by atoms with Gasteiger partial charge < -0.3 is 0 Å². The summed E-state index contributed by atoms with van der Waals surface area (Å²) < 4.78 is 0. The standard InChI is InChI=1S/C62H38N4/c63-39-58-52(22-11-23-53(58)50-20-7-19-48(36-50)49-34-35-54-55-24-9-16-44-17-10-25-56(59(44)55)57(54)38-49)43-30-26-41(27-31-43)42-28-32-46(33-29-42)61-64-60(45-14-5-2-6-15-45)65-62(66-61)51-21-8-18-47(37-51)40-12-3-1-4-13-40/h1-38H. The Morgan fingerprint density at radius 1 is 0.258 bits per heavy atom. The van der Waals surface area contributed by atoms with E-state index in [0.717, 1.165) is 72.3 Å².